The van der Waals surface area contributed by atoms with Gasteiger partial charge < -0.3 is 24.9 Å². The third-order valence-electron chi connectivity index (χ3n) is 3.69. The minimum absolute atomic E-state index is 0.272. The molecule has 0 fully saturated rings. The van der Waals surface area contributed by atoms with Crippen LogP contribution in [0.15, 0.2) is 47.2 Å². The molecule has 27 heavy (non-hydrogen) atoms. The summed E-state index contributed by atoms with van der Waals surface area (Å²) >= 11 is 3.41. The molecule has 2 amide bonds. The van der Waals surface area contributed by atoms with Gasteiger partial charge in [0.15, 0.2) is 18.1 Å². The molecule has 0 bridgehead atoms. The molecule has 3 rings (SSSR count). The molecule has 3 N–H and O–H groups in total. The van der Waals surface area contributed by atoms with E-state index in [4.69, 9.17) is 15.2 Å². The van der Waals surface area contributed by atoms with Crippen molar-refractivity contribution in [2.24, 2.45) is 5.73 Å². The van der Waals surface area contributed by atoms with Crippen LogP contribution in [0, 0.1) is 0 Å². The third kappa shape index (κ3) is 4.56. The average Bonchev–Trinajstić information content (AvgIpc) is 3.06. The Kier molecular flexibility index (Phi) is 5.60. The zero-order valence-electron chi connectivity index (χ0n) is 14.4. The molecule has 9 heteroatoms. The summed E-state index contributed by atoms with van der Waals surface area (Å²) in [6.07, 6.45) is 3.74. The standard InChI is InChI=1S/C18H17BrN4O4/c1-26-15-6-11(2-4-14(15)27-10-16(20)24)18(25)21-7-13-9-23-8-12(19)3-5-17(23)22-13/h2-6,8-9H,7,10H2,1H3,(H2,20,24)(H,21,25). The molecule has 2 heterocycles. The highest BCUT2D eigenvalue weighted by atomic mass is 79.9. The first kappa shape index (κ1) is 18.7. The Labute approximate surface area is 163 Å². The van der Waals surface area contributed by atoms with Crippen LogP contribution < -0.4 is 20.5 Å². The predicted octanol–water partition coefficient (Wildman–Crippen LogP) is 1.90. The molecule has 1 aromatic carbocycles. The first-order chi connectivity index (χ1) is 13.0. The SMILES string of the molecule is COc1cc(C(=O)NCc2cn3cc(Br)ccc3n2)ccc1OCC(N)=O. The second-order valence-corrected chi connectivity index (χ2v) is 6.56. The number of ether oxygens (including phenoxy) is 2. The number of carbonyl (C=O) groups excluding carboxylic acids is 2. The Bertz CT molecular complexity index is 1000. The second-order valence-electron chi connectivity index (χ2n) is 5.65. The third-order valence-corrected chi connectivity index (χ3v) is 4.16. The summed E-state index contributed by atoms with van der Waals surface area (Å²) < 4.78 is 13.3. The zero-order chi connectivity index (χ0) is 19.4. The van der Waals surface area contributed by atoms with Gasteiger partial charge in [-0.05, 0) is 46.3 Å². The normalized spacial score (nSPS) is 10.6. The van der Waals surface area contributed by atoms with Gasteiger partial charge in [-0.15, -0.1) is 0 Å². The van der Waals surface area contributed by atoms with Gasteiger partial charge >= 0.3 is 0 Å². The lowest BCUT2D eigenvalue weighted by Crippen LogP contribution is -2.23. The zero-order valence-corrected chi connectivity index (χ0v) is 16.0. The summed E-state index contributed by atoms with van der Waals surface area (Å²) in [5.41, 5.74) is 6.98. The number of fused-ring (bicyclic) bond motifs is 1. The molecule has 2 aromatic heterocycles. The summed E-state index contributed by atoms with van der Waals surface area (Å²) in [6.45, 7) is 0.00623. The lowest BCUT2D eigenvalue weighted by Gasteiger charge is -2.11. The summed E-state index contributed by atoms with van der Waals surface area (Å²) in [5, 5.41) is 2.81. The number of hydrogen-bond acceptors (Lipinski definition) is 5. The van der Waals surface area contributed by atoms with E-state index in [0.717, 1.165) is 15.8 Å². The number of imidazole rings is 1. The summed E-state index contributed by atoms with van der Waals surface area (Å²) in [6, 6.07) is 8.45. The van der Waals surface area contributed by atoms with Crippen LogP contribution in [0.2, 0.25) is 0 Å². The monoisotopic (exact) mass is 432 g/mol. The van der Waals surface area contributed by atoms with Crippen LogP contribution in [-0.2, 0) is 11.3 Å². The Morgan fingerprint density at radius 3 is 2.78 bits per heavy atom. The van der Waals surface area contributed by atoms with Crippen LogP contribution in [0.5, 0.6) is 11.5 Å². The van der Waals surface area contributed by atoms with E-state index in [-0.39, 0.29) is 19.1 Å². The number of nitrogens with one attached hydrogen (secondary N) is 1. The van der Waals surface area contributed by atoms with Gasteiger partial charge in [-0.1, -0.05) is 0 Å². The summed E-state index contributed by atoms with van der Waals surface area (Å²) in [7, 11) is 1.45. The lowest BCUT2D eigenvalue weighted by atomic mass is 10.2. The number of hydrogen-bond donors (Lipinski definition) is 2. The van der Waals surface area contributed by atoms with E-state index in [9.17, 15) is 9.59 Å². The molecule has 0 aliphatic carbocycles. The van der Waals surface area contributed by atoms with Crippen LogP contribution >= 0.6 is 15.9 Å². The topological polar surface area (TPSA) is 108 Å². The molecule has 3 aromatic rings. The van der Waals surface area contributed by atoms with Gasteiger partial charge in [0.1, 0.15) is 5.65 Å². The number of nitrogens with zero attached hydrogens (tertiary/aromatic N) is 2. The summed E-state index contributed by atoms with van der Waals surface area (Å²) in [5.74, 6) is -0.216. The van der Waals surface area contributed by atoms with E-state index in [0.29, 0.717) is 17.1 Å². The van der Waals surface area contributed by atoms with Gasteiger partial charge in [-0.3, -0.25) is 9.59 Å². The Balaban J connectivity index is 1.68. The second kappa shape index (κ2) is 8.09. The average molecular weight is 433 g/mol. The van der Waals surface area contributed by atoms with E-state index >= 15 is 0 Å². The molecule has 0 aliphatic rings. The van der Waals surface area contributed by atoms with Gasteiger partial charge in [0.25, 0.3) is 11.8 Å². The molecule has 0 aliphatic heterocycles. The van der Waals surface area contributed by atoms with Crippen LogP contribution in [0.1, 0.15) is 16.1 Å². The van der Waals surface area contributed by atoms with Crippen molar-refractivity contribution in [2.45, 2.75) is 6.54 Å². The van der Waals surface area contributed by atoms with Crippen LogP contribution in [0.3, 0.4) is 0 Å². The molecule has 0 unspecified atom stereocenters. The number of rotatable bonds is 7. The lowest BCUT2D eigenvalue weighted by molar-refractivity contribution is -0.119. The minimum atomic E-state index is -0.599. The number of primary amides is 1. The molecular formula is C18H17BrN4O4. The predicted molar refractivity (Wildman–Crippen MR) is 102 cm³/mol. The van der Waals surface area contributed by atoms with Crippen LogP contribution in [0.4, 0.5) is 0 Å². The number of benzene rings is 1. The van der Waals surface area contributed by atoms with Crippen molar-refractivity contribution in [3.05, 3.63) is 58.5 Å². The van der Waals surface area contributed by atoms with Gasteiger partial charge in [0, 0.05) is 22.4 Å². The van der Waals surface area contributed by atoms with Gasteiger partial charge in [0.2, 0.25) is 0 Å². The molecule has 140 valence electrons. The van der Waals surface area contributed by atoms with Crippen LogP contribution in [-0.4, -0.2) is 34.9 Å². The molecule has 0 radical (unpaired) electrons. The summed E-state index contributed by atoms with van der Waals surface area (Å²) in [4.78, 5) is 27.7. The highest BCUT2D eigenvalue weighted by molar-refractivity contribution is 9.10. The fraction of sp³-hybridized carbons (Fsp3) is 0.167. The number of amides is 2. The molecule has 0 spiro atoms. The van der Waals surface area contributed by atoms with Crippen LogP contribution in [0.25, 0.3) is 5.65 Å². The van der Waals surface area contributed by atoms with Crippen molar-refractivity contribution in [1.82, 2.24) is 14.7 Å². The number of halogens is 1. The number of pyridine rings is 1. The minimum Gasteiger partial charge on any atom is -0.493 e. The highest BCUT2D eigenvalue weighted by Crippen LogP contribution is 2.28. The Morgan fingerprint density at radius 2 is 2.04 bits per heavy atom. The van der Waals surface area contributed by atoms with E-state index in [2.05, 4.69) is 26.2 Å². The first-order valence-corrected chi connectivity index (χ1v) is 8.76. The van der Waals surface area contributed by atoms with Crippen molar-refractivity contribution in [2.75, 3.05) is 13.7 Å². The quantitative estimate of drug-likeness (QED) is 0.592. The van der Waals surface area contributed by atoms with Crippen molar-refractivity contribution >= 4 is 33.4 Å². The Hall–Kier alpha value is -3.07. The van der Waals surface area contributed by atoms with Crippen molar-refractivity contribution in [1.29, 1.82) is 0 Å². The maximum absolute atomic E-state index is 12.4. The van der Waals surface area contributed by atoms with Gasteiger partial charge in [-0.2, -0.15) is 0 Å². The first-order valence-electron chi connectivity index (χ1n) is 7.97. The molecular weight excluding hydrogens is 416 g/mol. The van der Waals surface area contributed by atoms with Crippen molar-refractivity contribution < 1.29 is 19.1 Å². The molecule has 0 saturated heterocycles. The smallest absolute Gasteiger partial charge is 0.255 e. The van der Waals surface area contributed by atoms with E-state index in [1.807, 2.05) is 28.9 Å². The maximum Gasteiger partial charge on any atom is 0.255 e. The number of carbonyl (C=O) groups is 2. The maximum atomic E-state index is 12.4. The highest BCUT2D eigenvalue weighted by Gasteiger charge is 2.12. The number of methoxy groups -OCH3 is 1. The number of nitrogens with two attached hydrogens (primary N) is 1. The molecule has 0 atom stereocenters. The van der Waals surface area contributed by atoms with E-state index in [1.54, 1.807) is 12.1 Å². The van der Waals surface area contributed by atoms with Crippen molar-refractivity contribution in [3.63, 3.8) is 0 Å². The van der Waals surface area contributed by atoms with E-state index in [1.165, 1.54) is 13.2 Å². The molecule has 0 saturated carbocycles. The fourth-order valence-corrected chi connectivity index (χ4v) is 2.80. The fourth-order valence-electron chi connectivity index (χ4n) is 2.45. The van der Waals surface area contributed by atoms with Gasteiger partial charge in [-0.25, -0.2) is 4.98 Å². The van der Waals surface area contributed by atoms with Crippen molar-refractivity contribution in [3.8, 4) is 11.5 Å². The van der Waals surface area contributed by atoms with Gasteiger partial charge in [0.05, 0.1) is 19.3 Å². The Morgan fingerprint density at radius 1 is 1.22 bits per heavy atom. The molecule has 8 nitrogen and oxygen atoms in total. The van der Waals surface area contributed by atoms with E-state index < -0.39 is 5.91 Å². The largest absolute Gasteiger partial charge is 0.493 e. The number of aromatic nitrogens is 2.